The van der Waals surface area contributed by atoms with Gasteiger partial charge in [-0.1, -0.05) is 60.7 Å². The Balaban J connectivity index is 1.81. The number of imide groups is 2. The summed E-state index contributed by atoms with van der Waals surface area (Å²) in [6.45, 7) is -0.131. The van der Waals surface area contributed by atoms with Crippen LogP contribution in [0.2, 0.25) is 0 Å². The van der Waals surface area contributed by atoms with Crippen LogP contribution in [0.25, 0.3) is 6.08 Å². The number of rotatable bonds is 7. The third-order valence-electron chi connectivity index (χ3n) is 5.68. The molecule has 36 heavy (non-hydrogen) atoms. The second-order valence-electron chi connectivity index (χ2n) is 7.91. The van der Waals surface area contributed by atoms with Crippen LogP contribution in [-0.2, 0) is 26.5 Å². The van der Waals surface area contributed by atoms with Crippen molar-refractivity contribution in [2.45, 2.75) is 12.1 Å². The lowest BCUT2D eigenvalue weighted by Gasteiger charge is -2.42. The van der Waals surface area contributed by atoms with Crippen LogP contribution >= 0.6 is 0 Å². The predicted molar refractivity (Wildman–Crippen MR) is 129 cm³/mol. The first-order valence-corrected chi connectivity index (χ1v) is 10.8. The van der Waals surface area contributed by atoms with Crippen LogP contribution < -0.4 is 10.6 Å². The number of nitrogens with zero attached hydrogens (tertiary/aromatic N) is 2. The summed E-state index contributed by atoms with van der Waals surface area (Å²) in [6, 6.07) is 21.3. The van der Waals surface area contributed by atoms with Gasteiger partial charge in [0.2, 0.25) is 11.4 Å². The summed E-state index contributed by atoms with van der Waals surface area (Å²) in [6.07, 6.45) is 2.60. The minimum absolute atomic E-state index is 0.104. The Bertz CT molecular complexity index is 1330. The van der Waals surface area contributed by atoms with Gasteiger partial charge in [0.25, 0.3) is 17.5 Å². The Kier molecular flexibility index (Phi) is 6.68. The first-order valence-electron chi connectivity index (χ1n) is 10.8. The van der Waals surface area contributed by atoms with Crippen LogP contribution in [0, 0.1) is 10.1 Å². The highest BCUT2D eigenvalue weighted by atomic mass is 16.6. The van der Waals surface area contributed by atoms with E-state index in [2.05, 4.69) is 10.6 Å². The van der Waals surface area contributed by atoms with Gasteiger partial charge in [-0.3, -0.25) is 35.1 Å². The number of non-ortho nitro benzene ring substituents is 1. The number of nitro groups is 1. The fraction of sp³-hybridized carbons (Fsp3) is 0.0769. The highest BCUT2D eigenvalue weighted by Gasteiger charge is 2.57. The lowest BCUT2D eigenvalue weighted by molar-refractivity contribution is -0.384. The van der Waals surface area contributed by atoms with E-state index in [-0.39, 0.29) is 17.8 Å². The van der Waals surface area contributed by atoms with Gasteiger partial charge in [-0.05, 0) is 34.9 Å². The SMILES string of the molecule is O=C1NC(=O)C(c2ccccc2)(N(Cc2ccccc2)C(=O)/C=C/c2ccc([N+](=O)[O-])cc2)C(=O)N1. The van der Waals surface area contributed by atoms with Crippen LogP contribution in [0.3, 0.4) is 0 Å². The van der Waals surface area contributed by atoms with Crippen LogP contribution in [0.15, 0.2) is 91.0 Å². The van der Waals surface area contributed by atoms with Crippen molar-refractivity contribution in [2.24, 2.45) is 0 Å². The van der Waals surface area contributed by atoms with E-state index in [9.17, 15) is 29.3 Å². The fourth-order valence-electron chi connectivity index (χ4n) is 3.96. The highest BCUT2D eigenvalue weighted by Crippen LogP contribution is 2.33. The molecule has 1 aliphatic heterocycles. The molecule has 0 bridgehead atoms. The topological polar surface area (TPSA) is 139 Å². The summed E-state index contributed by atoms with van der Waals surface area (Å²) < 4.78 is 0. The highest BCUT2D eigenvalue weighted by molar-refractivity contribution is 6.24. The molecular formula is C26H20N4O6. The first kappa shape index (κ1) is 24.0. The zero-order valence-corrected chi connectivity index (χ0v) is 18.8. The van der Waals surface area contributed by atoms with E-state index in [1.165, 1.54) is 48.6 Å². The second-order valence-corrected chi connectivity index (χ2v) is 7.91. The molecule has 10 nitrogen and oxygen atoms in total. The molecule has 0 radical (unpaired) electrons. The number of barbiturate groups is 1. The van der Waals surface area contributed by atoms with Crippen molar-refractivity contribution in [1.82, 2.24) is 15.5 Å². The molecule has 0 aliphatic carbocycles. The van der Waals surface area contributed by atoms with Gasteiger partial charge in [0, 0.05) is 24.8 Å². The molecule has 0 spiro atoms. The molecule has 0 atom stereocenters. The fourth-order valence-corrected chi connectivity index (χ4v) is 3.96. The first-order chi connectivity index (χ1) is 17.3. The number of carbonyl (C=O) groups excluding carboxylic acids is 4. The van der Waals surface area contributed by atoms with Crippen LogP contribution in [0.1, 0.15) is 16.7 Å². The number of carbonyl (C=O) groups is 4. The van der Waals surface area contributed by atoms with Gasteiger partial charge in [-0.2, -0.15) is 0 Å². The number of nitrogens with one attached hydrogen (secondary N) is 2. The molecule has 1 heterocycles. The number of hydrogen-bond donors (Lipinski definition) is 2. The Morgan fingerprint density at radius 2 is 1.42 bits per heavy atom. The third-order valence-corrected chi connectivity index (χ3v) is 5.68. The van der Waals surface area contributed by atoms with Gasteiger partial charge in [0.1, 0.15) is 0 Å². The van der Waals surface area contributed by atoms with Crippen molar-refractivity contribution < 1.29 is 24.1 Å². The van der Waals surface area contributed by atoms with Crippen LogP contribution in [-0.4, -0.2) is 33.6 Å². The summed E-state index contributed by atoms with van der Waals surface area (Å²) in [5.74, 6) is -2.62. The Morgan fingerprint density at radius 3 is 1.97 bits per heavy atom. The molecule has 0 aromatic heterocycles. The van der Waals surface area contributed by atoms with E-state index < -0.39 is 34.2 Å². The molecule has 180 valence electrons. The summed E-state index contributed by atoms with van der Waals surface area (Å²) in [4.78, 5) is 63.7. The normalized spacial score (nSPS) is 14.7. The lowest BCUT2D eigenvalue weighted by atomic mass is 9.84. The molecule has 0 unspecified atom stereocenters. The number of nitro benzene ring substituents is 1. The van der Waals surface area contributed by atoms with E-state index in [1.807, 2.05) is 0 Å². The van der Waals surface area contributed by atoms with E-state index in [4.69, 9.17) is 0 Å². The Morgan fingerprint density at radius 1 is 0.861 bits per heavy atom. The molecule has 1 fully saturated rings. The number of urea groups is 1. The van der Waals surface area contributed by atoms with Gasteiger partial charge < -0.3 is 4.90 Å². The Hall–Kier alpha value is -5.12. The van der Waals surface area contributed by atoms with E-state index >= 15 is 0 Å². The average molecular weight is 484 g/mol. The summed E-state index contributed by atoms with van der Waals surface area (Å²) >= 11 is 0. The number of hydrogen-bond acceptors (Lipinski definition) is 6. The Labute approximate surface area is 205 Å². The van der Waals surface area contributed by atoms with Crippen molar-refractivity contribution in [3.05, 3.63) is 118 Å². The zero-order chi connectivity index (χ0) is 25.7. The smallest absolute Gasteiger partial charge is 0.308 e. The van der Waals surface area contributed by atoms with E-state index in [0.717, 1.165) is 4.90 Å². The molecule has 3 aromatic rings. The number of benzene rings is 3. The molecule has 2 N–H and O–H groups in total. The third kappa shape index (κ3) is 4.60. The largest absolute Gasteiger partial charge is 0.328 e. The predicted octanol–water partition coefficient (Wildman–Crippen LogP) is 2.90. The molecule has 3 aromatic carbocycles. The van der Waals surface area contributed by atoms with Crippen molar-refractivity contribution >= 4 is 35.5 Å². The monoisotopic (exact) mass is 484 g/mol. The zero-order valence-electron chi connectivity index (χ0n) is 18.8. The van der Waals surface area contributed by atoms with Gasteiger partial charge in [-0.15, -0.1) is 0 Å². The standard InChI is InChI=1S/C26H20N4O6/c31-22(16-13-18-11-14-21(15-12-18)30(35)36)29(17-19-7-3-1-4-8-19)26(20-9-5-2-6-10-20)23(32)27-25(34)28-24(26)33/h1-16H,17H2,(H2,27,28,32,33,34)/b16-13+. The maximum Gasteiger partial charge on any atom is 0.328 e. The average Bonchev–Trinajstić information content (AvgIpc) is 2.88. The molecule has 1 saturated heterocycles. The van der Waals surface area contributed by atoms with Crippen molar-refractivity contribution in [3.8, 4) is 0 Å². The van der Waals surface area contributed by atoms with Gasteiger partial charge in [0.15, 0.2) is 0 Å². The molecular weight excluding hydrogens is 464 g/mol. The van der Waals surface area contributed by atoms with Crippen molar-refractivity contribution in [1.29, 1.82) is 0 Å². The number of amides is 5. The minimum atomic E-state index is -2.18. The van der Waals surface area contributed by atoms with Crippen LogP contribution in [0.5, 0.6) is 0 Å². The van der Waals surface area contributed by atoms with Crippen LogP contribution in [0.4, 0.5) is 10.5 Å². The molecule has 10 heteroatoms. The summed E-state index contributed by atoms with van der Waals surface area (Å²) in [5, 5.41) is 15.1. The second kappa shape index (κ2) is 10.0. The summed E-state index contributed by atoms with van der Waals surface area (Å²) in [7, 11) is 0. The van der Waals surface area contributed by atoms with Crippen molar-refractivity contribution in [3.63, 3.8) is 0 Å². The molecule has 4 rings (SSSR count). The lowest BCUT2D eigenvalue weighted by Crippen LogP contribution is -2.71. The van der Waals surface area contributed by atoms with Gasteiger partial charge >= 0.3 is 6.03 Å². The quantitative estimate of drug-likeness (QED) is 0.229. The van der Waals surface area contributed by atoms with Gasteiger partial charge in [0.05, 0.1) is 4.92 Å². The minimum Gasteiger partial charge on any atom is -0.308 e. The van der Waals surface area contributed by atoms with Gasteiger partial charge in [-0.25, -0.2) is 4.79 Å². The van der Waals surface area contributed by atoms with Crippen molar-refractivity contribution in [2.75, 3.05) is 0 Å². The molecule has 0 saturated carbocycles. The summed E-state index contributed by atoms with van der Waals surface area (Å²) in [5.41, 5.74) is -0.951. The van der Waals surface area contributed by atoms with E-state index in [1.54, 1.807) is 48.5 Å². The maximum atomic E-state index is 13.6. The molecule has 5 amide bonds. The molecule has 1 aliphatic rings. The maximum absolute atomic E-state index is 13.6. The van der Waals surface area contributed by atoms with E-state index in [0.29, 0.717) is 11.1 Å².